The van der Waals surface area contributed by atoms with Gasteiger partial charge in [-0.3, -0.25) is 4.79 Å². The summed E-state index contributed by atoms with van der Waals surface area (Å²) in [4.78, 5) is 23.7. The number of piperazine rings is 1. The molecule has 11 heteroatoms. The SMILES string of the molecule is O=C(c1ccc(-c2cnc3c(c2)N(Cc2cc(Cl)ccc2C(F)(F)F)CCN3)cc1)N1CCN(c2cccc(Cl)c2)CC1. The van der Waals surface area contributed by atoms with Gasteiger partial charge in [-0.05, 0) is 65.7 Å². The van der Waals surface area contributed by atoms with Crippen LogP contribution < -0.4 is 15.1 Å². The number of halogens is 5. The van der Waals surface area contributed by atoms with Crippen LogP contribution in [-0.4, -0.2) is 55.1 Å². The Balaban J connectivity index is 1.17. The van der Waals surface area contributed by atoms with Crippen molar-refractivity contribution in [1.82, 2.24) is 9.88 Å². The fourth-order valence-corrected chi connectivity index (χ4v) is 5.97. The summed E-state index contributed by atoms with van der Waals surface area (Å²) in [5.74, 6) is 0.576. The van der Waals surface area contributed by atoms with E-state index in [1.165, 1.54) is 12.1 Å². The Hall–Kier alpha value is -3.95. The van der Waals surface area contributed by atoms with Crippen LogP contribution in [0.15, 0.2) is 79.0 Å². The smallest absolute Gasteiger partial charge is 0.368 e. The van der Waals surface area contributed by atoms with E-state index in [0.717, 1.165) is 36.0 Å². The van der Waals surface area contributed by atoms with E-state index in [1.54, 1.807) is 18.3 Å². The second-order valence-electron chi connectivity index (χ2n) is 10.6. The van der Waals surface area contributed by atoms with Gasteiger partial charge in [0.2, 0.25) is 0 Å². The molecule has 2 aliphatic rings. The predicted molar refractivity (Wildman–Crippen MR) is 165 cm³/mol. The van der Waals surface area contributed by atoms with Crippen LogP contribution in [0.4, 0.5) is 30.4 Å². The maximum absolute atomic E-state index is 13.7. The second kappa shape index (κ2) is 12.0. The highest BCUT2D eigenvalue weighted by Gasteiger charge is 2.34. The standard InChI is InChI=1S/C32H28Cl2F3N5O/c33-25-2-1-3-27(18-25)40-12-14-41(15-13-40)31(43)22-6-4-21(5-7-22)23-17-29-30(39-19-23)38-10-11-42(29)20-24-16-26(34)8-9-28(24)32(35,36)37/h1-9,16-19H,10-15,20H2,(H,38,39). The quantitative estimate of drug-likeness (QED) is 0.249. The van der Waals surface area contributed by atoms with E-state index in [9.17, 15) is 18.0 Å². The third kappa shape index (κ3) is 6.38. The topological polar surface area (TPSA) is 51.7 Å². The molecule has 1 saturated heterocycles. The average molecular weight is 627 g/mol. The first-order valence-corrected chi connectivity index (χ1v) is 14.7. The Kier molecular flexibility index (Phi) is 8.11. The van der Waals surface area contributed by atoms with Gasteiger partial charge in [0, 0.05) is 78.9 Å². The number of alkyl halides is 3. The Morgan fingerprint density at radius 1 is 0.860 bits per heavy atom. The number of aromatic nitrogens is 1. The number of nitrogens with one attached hydrogen (secondary N) is 1. The number of pyridine rings is 1. The zero-order valence-corrected chi connectivity index (χ0v) is 24.6. The summed E-state index contributed by atoms with van der Waals surface area (Å²) in [5, 5.41) is 4.17. The normalized spacial score (nSPS) is 15.2. The number of amides is 1. The van der Waals surface area contributed by atoms with Crippen molar-refractivity contribution in [3.63, 3.8) is 0 Å². The van der Waals surface area contributed by atoms with E-state index in [2.05, 4.69) is 15.2 Å². The van der Waals surface area contributed by atoms with Crippen molar-refractivity contribution in [2.24, 2.45) is 0 Å². The van der Waals surface area contributed by atoms with E-state index < -0.39 is 11.7 Å². The maximum Gasteiger partial charge on any atom is 0.416 e. The molecule has 0 radical (unpaired) electrons. The molecule has 222 valence electrons. The molecule has 3 heterocycles. The number of anilines is 3. The van der Waals surface area contributed by atoms with Crippen molar-refractivity contribution in [3.05, 3.63) is 106 Å². The Morgan fingerprint density at radius 3 is 2.33 bits per heavy atom. The molecule has 6 nitrogen and oxygen atoms in total. The molecule has 0 aliphatic carbocycles. The van der Waals surface area contributed by atoms with Gasteiger partial charge in [0.05, 0.1) is 11.3 Å². The van der Waals surface area contributed by atoms with Gasteiger partial charge in [-0.25, -0.2) is 4.98 Å². The molecule has 2 aliphatic heterocycles. The van der Waals surface area contributed by atoms with Gasteiger partial charge < -0.3 is 20.0 Å². The molecule has 1 aromatic heterocycles. The summed E-state index contributed by atoms with van der Waals surface area (Å²) in [6, 6.07) is 20.6. The van der Waals surface area contributed by atoms with Gasteiger partial charge >= 0.3 is 6.18 Å². The van der Waals surface area contributed by atoms with Gasteiger partial charge in [-0.2, -0.15) is 13.2 Å². The number of fused-ring (bicyclic) bond motifs is 1. The third-order valence-corrected chi connectivity index (χ3v) is 8.29. The van der Waals surface area contributed by atoms with Crippen LogP contribution in [-0.2, 0) is 12.7 Å². The zero-order valence-electron chi connectivity index (χ0n) is 23.0. The first-order valence-electron chi connectivity index (χ1n) is 13.9. The first-order chi connectivity index (χ1) is 20.7. The Morgan fingerprint density at radius 2 is 1.60 bits per heavy atom. The monoisotopic (exact) mass is 625 g/mol. The molecule has 4 aromatic rings. The minimum Gasteiger partial charge on any atom is -0.368 e. The molecular formula is C32H28Cl2F3N5O. The third-order valence-electron chi connectivity index (χ3n) is 7.82. The van der Waals surface area contributed by atoms with Crippen molar-refractivity contribution in [2.75, 3.05) is 54.4 Å². The molecule has 1 N–H and O–H groups in total. The van der Waals surface area contributed by atoms with Crippen molar-refractivity contribution in [1.29, 1.82) is 0 Å². The maximum atomic E-state index is 13.7. The Bertz CT molecular complexity index is 1640. The van der Waals surface area contributed by atoms with E-state index in [4.69, 9.17) is 23.2 Å². The number of nitrogens with zero attached hydrogens (tertiary/aromatic N) is 4. The number of rotatable bonds is 5. The minimum absolute atomic E-state index is 0.0294. The van der Waals surface area contributed by atoms with Crippen molar-refractivity contribution < 1.29 is 18.0 Å². The highest BCUT2D eigenvalue weighted by molar-refractivity contribution is 6.31. The van der Waals surface area contributed by atoms with Gasteiger partial charge in [-0.1, -0.05) is 41.4 Å². The molecule has 3 aromatic carbocycles. The lowest BCUT2D eigenvalue weighted by molar-refractivity contribution is -0.138. The molecule has 43 heavy (non-hydrogen) atoms. The Labute approximate surface area is 257 Å². The lowest BCUT2D eigenvalue weighted by atomic mass is 10.0. The molecule has 0 atom stereocenters. The van der Waals surface area contributed by atoms with Crippen LogP contribution in [0.3, 0.4) is 0 Å². The number of carbonyl (C=O) groups is 1. The number of hydrogen-bond acceptors (Lipinski definition) is 5. The summed E-state index contributed by atoms with van der Waals surface area (Å²) in [5.41, 5.74) is 3.39. The van der Waals surface area contributed by atoms with E-state index >= 15 is 0 Å². The van der Waals surface area contributed by atoms with Gasteiger partial charge in [0.1, 0.15) is 5.82 Å². The van der Waals surface area contributed by atoms with Crippen molar-refractivity contribution in [3.8, 4) is 11.1 Å². The number of hydrogen-bond donors (Lipinski definition) is 1. The van der Waals surface area contributed by atoms with Gasteiger partial charge in [0.25, 0.3) is 5.91 Å². The summed E-state index contributed by atoms with van der Waals surface area (Å²) < 4.78 is 41.1. The molecular weight excluding hydrogens is 598 g/mol. The molecule has 6 rings (SSSR count). The zero-order chi connectivity index (χ0) is 30.1. The molecule has 1 amide bonds. The highest BCUT2D eigenvalue weighted by atomic mass is 35.5. The van der Waals surface area contributed by atoms with Crippen LogP contribution in [0, 0.1) is 0 Å². The molecule has 0 spiro atoms. The van der Waals surface area contributed by atoms with E-state index in [0.29, 0.717) is 48.3 Å². The highest BCUT2D eigenvalue weighted by Crippen LogP contribution is 2.37. The lowest BCUT2D eigenvalue weighted by Gasteiger charge is -2.36. The summed E-state index contributed by atoms with van der Waals surface area (Å²) >= 11 is 12.2. The van der Waals surface area contributed by atoms with Gasteiger partial charge in [0.15, 0.2) is 0 Å². The van der Waals surface area contributed by atoms with Crippen LogP contribution in [0.5, 0.6) is 0 Å². The average Bonchev–Trinajstić information content (AvgIpc) is 3.00. The number of carbonyl (C=O) groups excluding carboxylic acids is 1. The van der Waals surface area contributed by atoms with Crippen molar-refractivity contribution >= 4 is 46.3 Å². The van der Waals surface area contributed by atoms with Crippen LogP contribution in [0.2, 0.25) is 10.0 Å². The van der Waals surface area contributed by atoms with Crippen LogP contribution in [0.25, 0.3) is 11.1 Å². The molecule has 0 saturated carbocycles. The van der Waals surface area contributed by atoms with E-state index in [1.807, 2.05) is 52.3 Å². The summed E-state index contributed by atoms with van der Waals surface area (Å²) in [6.45, 7) is 3.73. The van der Waals surface area contributed by atoms with Gasteiger partial charge in [-0.15, -0.1) is 0 Å². The second-order valence-corrected chi connectivity index (χ2v) is 11.4. The molecule has 0 bridgehead atoms. The fraction of sp³-hybridized carbons (Fsp3) is 0.250. The lowest BCUT2D eigenvalue weighted by Crippen LogP contribution is -2.48. The summed E-state index contributed by atoms with van der Waals surface area (Å²) in [6.07, 6.45) is -2.76. The largest absolute Gasteiger partial charge is 0.416 e. The molecule has 1 fully saturated rings. The summed E-state index contributed by atoms with van der Waals surface area (Å²) in [7, 11) is 0. The minimum atomic E-state index is -4.49. The fourth-order valence-electron chi connectivity index (χ4n) is 5.59. The van der Waals surface area contributed by atoms with Crippen molar-refractivity contribution in [2.45, 2.75) is 12.7 Å². The predicted octanol–water partition coefficient (Wildman–Crippen LogP) is 7.47. The first kappa shape index (κ1) is 29.1. The van der Waals surface area contributed by atoms with Crippen LogP contribution in [0.1, 0.15) is 21.5 Å². The molecule has 0 unspecified atom stereocenters. The van der Waals surface area contributed by atoms with Crippen LogP contribution >= 0.6 is 23.2 Å². The van der Waals surface area contributed by atoms with E-state index in [-0.39, 0.29) is 23.0 Å². The number of benzene rings is 3.